The second kappa shape index (κ2) is 5.50. The summed E-state index contributed by atoms with van der Waals surface area (Å²) in [4.78, 5) is 2.01. The van der Waals surface area contributed by atoms with Gasteiger partial charge in [0.15, 0.2) is 0 Å². The van der Waals surface area contributed by atoms with Gasteiger partial charge in [-0.15, -0.1) is 0 Å². The Hall–Kier alpha value is -1.56. The highest BCUT2D eigenvalue weighted by molar-refractivity contribution is 5.49. The van der Waals surface area contributed by atoms with Crippen molar-refractivity contribution in [1.29, 1.82) is 5.26 Å². The van der Waals surface area contributed by atoms with E-state index in [1.54, 1.807) is 6.07 Å². The molecule has 1 atom stereocenters. The molecule has 0 aliphatic heterocycles. The Bertz CT molecular complexity index is 395. The molecule has 0 amide bonds. The van der Waals surface area contributed by atoms with E-state index in [0.717, 1.165) is 18.7 Å². The van der Waals surface area contributed by atoms with Crippen molar-refractivity contribution >= 4 is 5.69 Å². The highest BCUT2D eigenvalue weighted by Gasteiger charge is 2.08. The smallest absolute Gasteiger partial charge is 0.143 e. The van der Waals surface area contributed by atoms with Crippen LogP contribution in [0.2, 0.25) is 0 Å². The van der Waals surface area contributed by atoms with Crippen LogP contribution in [0.15, 0.2) is 18.2 Å². The molecule has 0 radical (unpaired) electrons. The lowest BCUT2D eigenvalue weighted by Crippen LogP contribution is -2.23. The molecule has 1 rings (SSSR count). The third kappa shape index (κ3) is 2.96. The van der Waals surface area contributed by atoms with Crippen LogP contribution >= 0.6 is 0 Å². The molecule has 3 heteroatoms. The number of benzene rings is 1. The molecule has 0 spiro atoms. The van der Waals surface area contributed by atoms with Crippen molar-refractivity contribution in [3.8, 4) is 6.07 Å². The van der Waals surface area contributed by atoms with E-state index in [4.69, 9.17) is 5.26 Å². The lowest BCUT2D eigenvalue weighted by Gasteiger charge is -2.22. The standard InChI is InChI=1S/C13H17FN2/c1-4-10(2)9-16(3)12-6-5-11(8-15)13(14)7-12/h5-7,10H,4,9H2,1-3H3. The van der Waals surface area contributed by atoms with Gasteiger partial charge in [-0.1, -0.05) is 20.3 Å². The van der Waals surface area contributed by atoms with Gasteiger partial charge < -0.3 is 4.90 Å². The van der Waals surface area contributed by atoms with E-state index in [0.29, 0.717) is 5.92 Å². The molecule has 2 nitrogen and oxygen atoms in total. The summed E-state index contributed by atoms with van der Waals surface area (Å²) in [6.07, 6.45) is 1.10. The predicted molar refractivity (Wildman–Crippen MR) is 63.8 cm³/mol. The van der Waals surface area contributed by atoms with Crippen molar-refractivity contribution in [2.24, 2.45) is 5.92 Å². The number of halogens is 1. The summed E-state index contributed by atoms with van der Waals surface area (Å²) >= 11 is 0. The van der Waals surface area contributed by atoms with Crippen LogP contribution in [0.1, 0.15) is 25.8 Å². The molecule has 0 fully saturated rings. The van der Waals surface area contributed by atoms with Gasteiger partial charge in [0.05, 0.1) is 5.56 Å². The highest BCUT2D eigenvalue weighted by Crippen LogP contribution is 2.18. The normalized spacial score (nSPS) is 11.9. The Labute approximate surface area is 96.3 Å². The fraction of sp³-hybridized carbons (Fsp3) is 0.462. The molecule has 86 valence electrons. The maximum Gasteiger partial charge on any atom is 0.143 e. The minimum Gasteiger partial charge on any atom is -0.374 e. The molecule has 1 aromatic rings. The summed E-state index contributed by atoms with van der Waals surface area (Å²) in [5, 5.41) is 8.63. The fourth-order valence-corrected chi connectivity index (χ4v) is 1.53. The summed E-state index contributed by atoms with van der Waals surface area (Å²) in [6, 6.07) is 6.54. The molecule has 0 aliphatic rings. The lowest BCUT2D eigenvalue weighted by atomic mass is 10.1. The van der Waals surface area contributed by atoms with Crippen LogP contribution in [0.4, 0.5) is 10.1 Å². The molecule has 1 unspecified atom stereocenters. The molecular formula is C13H17FN2. The summed E-state index contributed by atoms with van der Waals surface area (Å²) in [6.45, 7) is 5.19. The molecule has 0 heterocycles. The monoisotopic (exact) mass is 220 g/mol. The maximum atomic E-state index is 13.4. The Kier molecular flexibility index (Phi) is 4.30. The van der Waals surface area contributed by atoms with Crippen molar-refractivity contribution in [3.63, 3.8) is 0 Å². The number of hydrogen-bond acceptors (Lipinski definition) is 2. The third-order valence-electron chi connectivity index (χ3n) is 2.80. The Morgan fingerprint density at radius 3 is 2.69 bits per heavy atom. The molecule has 0 aromatic heterocycles. The average Bonchev–Trinajstić information content (AvgIpc) is 2.28. The van der Waals surface area contributed by atoms with Crippen LogP contribution in [-0.4, -0.2) is 13.6 Å². The molecule has 1 aromatic carbocycles. The van der Waals surface area contributed by atoms with Crippen LogP contribution in [-0.2, 0) is 0 Å². The van der Waals surface area contributed by atoms with Crippen LogP contribution in [0.25, 0.3) is 0 Å². The van der Waals surface area contributed by atoms with Gasteiger partial charge in [0.1, 0.15) is 11.9 Å². The zero-order valence-electron chi connectivity index (χ0n) is 10.00. The first kappa shape index (κ1) is 12.5. The van der Waals surface area contributed by atoms with Crippen molar-refractivity contribution in [1.82, 2.24) is 0 Å². The van der Waals surface area contributed by atoms with E-state index in [2.05, 4.69) is 13.8 Å². The Morgan fingerprint density at radius 2 is 2.19 bits per heavy atom. The first-order valence-electron chi connectivity index (χ1n) is 5.49. The average molecular weight is 220 g/mol. The fourth-order valence-electron chi connectivity index (χ4n) is 1.53. The number of nitrogens with zero attached hydrogens (tertiary/aromatic N) is 2. The predicted octanol–water partition coefficient (Wildman–Crippen LogP) is 3.18. The largest absolute Gasteiger partial charge is 0.374 e. The van der Waals surface area contributed by atoms with E-state index >= 15 is 0 Å². The SMILES string of the molecule is CCC(C)CN(C)c1ccc(C#N)c(F)c1. The lowest BCUT2D eigenvalue weighted by molar-refractivity contribution is 0.558. The summed E-state index contributed by atoms with van der Waals surface area (Å²) < 4.78 is 13.4. The van der Waals surface area contributed by atoms with E-state index in [1.165, 1.54) is 12.1 Å². The van der Waals surface area contributed by atoms with Gasteiger partial charge >= 0.3 is 0 Å². The van der Waals surface area contributed by atoms with Gasteiger partial charge in [0, 0.05) is 19.3 Å². The summed E-state index contributed by atoms with van der Waals surface area (Å²) in [5.41, 5.74) is 0.914. The molecule has 0 saturated heterocycles. The minimum atomic E-state index is -0.448. The maximum absolute atomic E-state index is 13.4. The third-order valence-corrected chi connectivity index (χ3v) is 2.80. The van der Waals surface area contributed by atoms with Crippen molar-refractivity contribution in [3.05, 3.63) is 29.6 Å². The van der Waals surface area contributed by atoms with E-state index in [9.17, 15) is 4.39 Å². The van der Waals surface area contributed by atoms with Crippen LogP contribution in [0.5, 0.6) is 0 Å². The highest BCUT2D eigenvalue weighted by atomic mass is 19.1. The zero-order chi connectivity index (χ0) is 12.1. The van der Waals surface area contributed by atoms with Crippen molar-refractivity contribution in [2.75, 3.05) is 18.5 Å². The van der Waals surface area contributed by atoms with Crippen molar-refractivity contribution in [2.45, 2.75) is 20.3 Å². The van der Waals surface area contributed by atoms with Crippen LogP contribution in [0.3, 0.4) is 0 Å². The zero-order valence-corrected chi connectivity index (χ0v) is 10.00. The molecule has 0 N–H and O–H groups in total. The van der Waals surface area contributed by atoms with Crippen LogP contribution < -0.4 is 4.90 Å². The molecule has 0 aliphatic carbocycles. The molecular weight excluding hydrogens is 203 g/mol. The topological polar surface area (TPSA) is 27.0 Å². The van der Waals surface area contributed by atoms with E-state index in [-0.39, 0.29) is 5.56 Å². The quantitative estimate of drug-likeness (QED) is 0.779. The van der Waals surface area contributed by atoms with Gasteiger partial charge in [-0.3, -0.25) is 0 Å². The molecule has 16 heavy (non-hydrogen) atoms. The molecule has 0 bridgehead atoms. The summed E-state index contributed by atoms with van der Waals surface area (Å²) in [7, 11) is 1.94. The number of nitriles is 1. The first-order valence-corrected chi connectivity index (χ1v) is 5.49. The van der Waals surface area contributed by atoms with Gasteiger partial charge in [-0.25, -0.2) is 4.39 Å². The van der Waals surface area contributed by atoms with Crippen LogP contribution in [0, 0.1) is 23.1 Å². The van der Waals surface area contributed by atoms with Crippen molar-refractivity contribution < 1.29 is 4.39 Å². The second-order valence-electron chi connectivity index (χ2n) is 4.17. The minimum absolute atomic E-state index is 0.0979. The second-order valence-corrected chi connectivity index (χ2v) is 4.17. The van der Waals surface area contributed by atoms with Gasteiger partial charge in [0.25, 0.3) is 0 Å². The Morgan fingerprint density at radius 1 is 1.50 bits per heavy atom. The molecule has 0 saturated carbocycles. The number of rotatable bonds is 4. The number of anilines is 1. The van der Waals surface area contributed by atoms with E-state index in [1.807, 2.05) is 18.0 Å². The van der Waals surface area contributed by atoms with E-state index < -0.39 is 5.82 Å². The van der Waals surface area contributed by atoms with Gasteiger partial charge in [0.2, 0.25) is 0 Å². The Balaban J connectivity index is 2.81. The van der Waals surface area contributed by atoms with Gasteiger partial charge in [-0.05, 0) is 24.1 Å². The first-order chi connectivity index (χ1) is 7.58. The summed E-state index contributed by atoms with van der Waals surface area (Å²) in [5.74, 6) is 0.125. The number of hydrogen-bond donors (Lipinski definition) is 0. The van der Waals surface area contributed by atoms with Gasteiger partial charge in [-0.2, -0.15) is 5.26 Å².